The van der Waals surface area contributed by atoms with E-state index in [1.165, 1.54) is 17.9 Å². The molecular formula is C18H16ClN5O2. The first-order chi connectivity index (χ1) is 12.6. The molecule has 0 aliphatic rings. The van der Waals surface area contributed by atoms with Gasteiger partial charge in [-0.15, -0.1) is 4.68 Å². The second kappa shape index (κ2) is 7.79. The van der Waals surface area contributed by atoms with Crippen LogP contribution in [-0.4, -0.2) is 29.2 Å². The highest BCUT2D eigenvalue weighted by Crippen LogP contribution is 2.07. The molecule has 0 aliphatic carbocycles. The molecular weight excluding hydrogens is 354 g/mol. The van der Waals surface area contributed by atoms with Gasteiger partial charge in [0.25, 0.3) is 5.69 Å². The maximum absolute atomic E-state index is 12.6. The molecule has 0 atom stereocenters. The highest BCUT2D eigenvalue weighted by atomic mass is 35.5. The van der Waals surface area contributed by atoms with Gasteiger partial charge in [0, 0.05) is 22.8 Å². The molecule has 3 rings (SSSR count). The summed E-state index contributed by atoms with van der Waals surface area (Å²) in [7, 11) is 1.35. The van der Waals surface area contributed by atoms with Crippen molar-refractivity contribution >= 4 is 23.7 Å². The Morgan fingerprint density at radius 1 is 1.23 bits per heavy atom. The third-order valence-corrected chi connectivity index (χ3v) is 3.91. The van der Waals surface area contributed by atoms with Crippen LogP contribution < -0.4 is 15.3 Å². The van der Waals surface area contributed by atoms with E-state index in [9.17, 15) is 9.90 Å². The molecule has 132 valence electrons. The van der Waals surface area contributed by atoms with Gasteiger partial charge in [-0.05, 0) is 23.3 Å². The number of nitrogens with zero attached hydrogens (tertiary/aromatic N) is 4. The van der Waals surface area contributed by atoms with Crippen molar-refractivity contribution in [2.75, 3.05) is 7.05 Å². The van der Waals surface area contributed by atoms with Gasteiger partial charge in [0.2, 0.25) is 0 Å². The monoisotopic (exact) mass is 369 g/mol. The first kappa shape index (κ1) is 17.6. The molecule has 26 heavy (non-hydrogen) atoms. The number of aromatic amines is 1. The van der Waals surface area contributed by atoms with Crippen molar-refractivity contribution in [3.05, 3.63) is 86.8 Å². The molecule has 2 aromatic carbocycles. The van der Waals surface area contributed by atoms with Crippen LogP contribution in [0.4, 0.5) is 0 Å². The maximum atomic E-state index is 12.6. The smallest absolute Gasteiger partial charge is 0.427 e. The number of nitrogens with one attached hydrogen (secondary N) is 1. The fourth-order valence-electron chi connectivity index (χ4n) is 2.37. The van der Waals surface area contributed by atoms with Crippen molar-refractivity contribution in [3.8, 4) is 0 Å². The van der Waals surface area contributed by atoms with Crippen molar-refractivity contribution in [1.29, 1.82) is 0 Å². The van der Waals surface area contributed by atoms with Gasteiger partial charge in [-0.25, -0.2) is 4.79 Å². The summed E-state index contributed by atoms with van der Waals surface area (Å²) in [5.41, 5.74) is 1.04. The topological polar surface area (TPSA) is 89.4 Å². The number of benzene rings is 2. The van der Waals surface area contributed by atoms with Crippen LogP contribution in [0.3, 0.4) is 0 Å². The van der Waals surface area contributed by atoms with Crippen LogP contribution in [-0.2, 0) is 6.54 Å². The van der Waals surface area contributed by atoms with Crippen LogP contribution in [0, 0.1) is 0 Å². The second-order valence-corrected chi connectivity index (χ2v) is 5.90. The average molecular weight is 370 g/mol. The Morgan fingerprint density at radius 3 is 2.58 bits per heavy atom. The zero-order valence-corrected chi connectivity index (χ0v) is 14.7. The minimum atomic E-state index is -0.609. The molecule has 3 aromatic rings. The molecule has 0 fully saturated rings. The normalized spacial score (nSPS) is 12.0. The lowest BCUT2D eigenvalue weighted by atomic mass is 10.2. The van der Waals surface area contributed by atoms with Crippen LogP contribution >= 0.6 is 11.6 Å². The summed E-state index contributed by atoms with van der Waals surface area (Å²) in [5, 5.41) is 19.6. The molecule has 0 amide bonds. The first-order valence-electron chi connectivity index (χ1n) is 7.81. The predicted octanol–water partition coefficient (Wildman–Crippen LogP) is 0.784. The Bertz CT molecular complexity index is 1000. The minimum Gasteiger partial charge on any atom is -0.856 e. The maximum Gasteiger partial charge on any atom is 0.427 e. The Kier molecular flexibility index (Phi) is 5.28. The summed E-state index contributed by atoms with van der Waals surface area (Å²) in [5.74, 6) is -0.609. The molecule has 0 spiro atoms. The molecule has 1 aromatic heterocycles. The molecule has 1 N–H and O–H groups in total. The summed E-state index contributed by atoms with van der Waals surface area (Å²) in [6.45, 7) is 0.316. The highest BCUT2D eigenvalue weighted by Gasteiger charge is 2.21. The van der Waals surface area contributed by atoms with Crippen molar-refractivity contribution in [2.45, 2.75) is 6.54 Å². The van der Waals surface area contributed by atoms with E-state index in [-0.39, 0.29) is 5.69 Å². The van der Waals surface area contributed by atoms with Gasteiger partial charge in [-0.3, -0.25) is 4.99 Å². The summed E-state index contributed by atoms with van der Waals surface area (Å²) >= 11 is 5.85. The van der Waals surface area contributed by atoms with Crippen LogP contribution in [0.1, 0.15) is 16.8 Å². The molecule has 0 aliphatic heterocycles. The number of aliphatic imine (C=N–C) groups is 1. The molecule has 1 heterocycles. The van der Waals surface area contributed by atoms with Gasteiger partial charge in [-0.1, -0.05) is 64.4 Å². The second-order valence-electron chi connectivity index (χ2n) is 5.46. The van der Waals surface area contributed by atoms with Gasteiger partial charge in [0.1, 0.15) is 6.54 Å². The molecule has 0 bridgehead atoms. The standard InChI is InChI=1S/C18H16ClN5O2/c1-20-17(25)16-18(26)24(21-11-13-7-9-15(19)10-8-13)22-23(16)12-14-5-3-2-4-6-14/h2-11H,12H2,1H3,(H-,20,22,25,26). The quantitative estimate of drug-likeness (QED) is 0.409. The lowest BCUT2D eigenvalue weighted by Crippen LogP contribution is -2.46. The van der Waals surface area contributed by atoms with E-state index in [1.807, 2.05) is 30.3 Å². The molecule has 0 radical (unpaired) electrons. The first-order valence-corrected chi connectivity index (χ1v) is 8.19. The number of halogens is 1. The number of hydrogen-bond donors (Lipinski definition) is 1. The van der Waals surface area contributed by atoms with Crippen LogP contribution in [0.15, 0.2) is 69.5 Å². The fraction of sp³-hybridized carbons (Fsp3) is 0.111. The zero-order valence-electron chi connectivity index (χ0n) is 14.0. The van der Waals surface area contributed by atoms with Gasteiger partial charge >= 0.3 is 5.56 Å². The number of hydrogen-bond acceptors (Lipinski definition) is 4. The average Bonchev–Trinajstić information content (AvgIpc) is 2.96. The van der Waals surface area contributed by atoms with E-state index in [4.69, 9.17) is 11.6 Å². The minimum absolute atomic E-state index is 0.0791. The third-order valence-electron chi connectivity index (χ3n) is 3.66. The summed E-state index contributed by atoms with van der Waals surface area (Å²) in [4.78, 5) is 17.2. The number of H-pyrrole nitrogens is 1. The summed E-state index contributed by atoms with van der Waals surface area (Å²) in [6, 6.07) is 16.4. The SMILES string of the molecule is CN=C([O-])c1c(=O)n(N=Cc2ccc(Cl)cc2)[nH][n+]1Cc1ccccc1. The van der Waals surface area contributed by atoms with E-state index < -0.39 is 11.5 Å². The van der Waals surface area contributed by atoms with Crippen molar-refractivity contribution in [3.63, 3.8) is 0 Å². The van der Waals surface area contributed by atoms with E-state index in [1.54, 1.807) is 24.3 Å². The van der Waals surface area contributed by atoms with E-state index in [0.29, 0.717) is 11.6 Å². The highest BCUT2D eigenvalue weighted by molar-refractivity contribution is 6.30. The summed E-state index contributed by atoms with van der Waals surface area (Å²) < 4.78 is 1.44. The largest absolute Gasteiger partial charge is 0.856 e. The predicted molar refractivity (Wildman–Crippen MR) is 97.7 cm³/mol. The molecule has 7 nitrogen and oxygen atoms in total. The Balaban J connectivity index is 1.98. The zero-order chi connectivity index (χ0) is 18.5. The van der Waals surface area contributed by atoms with Gasteiger partial charge in [-0.2, -0.15) is 0 Å². The van der Waals surface area contributed by atoms with Crippen LogP contribution in [0.2, 0.25) is 5.02 Å². The van der Waals surface area contributed by atoms with Crippen molar-refractivity contribution in [1.82, 2.24) is 10.0 Å². The van der Waals surface area contributed by atoms with Gasteiger partial charge in [0.05, 0.1) is 6.21 Å². The lowest BCUT2D eigenvalue weighted by molar-refractivity contribution is -0.750. The Hall–Kier alpha value is -3.19. The fourth-order valence-corrected chi connectivity index (χ4v) is 2.50. The molecule has 0 unspecified atom stereocenters. The van der Waals surface area contributed by atoms with Gasteiger partial charge in [0.15, 0.2) is 0 Å². The van der Waals surface area contributed by atoms with Crippen molar-refractivity contribution in [2.24, 2.45) is 10.1 Å². The Labute approximate surface area is 154 Å². The van der Waals surface area contributed by atoms with Gasteiger partial charge < -0.3 is 5.11 Å². The number of aromatic nitrogens is 3. The van der Waals surface area contributed by atoms with Crippen LogP contribution in [0.5, 0.6) is 0 Å². The molecule has 0 saturated heterocycles. The van der Waals surface area contributed by atoms with E-state index in [2.05, 4.69) is 15.3 Å². The van der Waals surface area contributed by atoms with E-state index in [0.717, 1.165) is 15.9 Å². The Morgan fingerprint density at radius 2 is 1.92 bits per heavy atom. The lowest BCUT2D eigenvalue weighted by Gasteiger charge is -2.05. The molecule has 8 heteroatoms. The number of rotatable bonds is 5. The third kappa shape index (κ3) is 3.89. The molecule has 0 saturated carbocycles. The van der Waals surface area contributed by atoms with Crippen molar-refractivity contribution < 1.29 is 9.79 Å². The van der Waals surface area contributed by atoms with E-state index >= 15 is 0 Å². The summed E-state index contributed by atoms with van der Waals surface area (Å²) in [6.07, 6.45) is 1.50. The van der Waals surface area contributed by atoms with Crippen LogP contribution in [0.25, 0.3) is 0 Å².